The van der Waals surface area contributed by atoms with Gasteiger partial charge in [0, 0.05) is 25.8 Å². The third-order valence-corrected chi connectivity index (χ3v) is 5.40. The highest BCUT2D eigenvalue weighted by Gasteiger charge is 2.32. The van der Waals surface area contributed by atoms with E-state index in [0.717, 1.165) is 29.7 Å². The van der Waals surface area contributed by atoms with Gasteiger partial charge in [0.2, 0.25) is 15.9 Å². The molecule has 0 aromatic heterocycles. The Morgan fingerprint density at radius 3 is 2.36 bits per heavy atom. The molecular weight excluding hydrogens is 300 g/mol. The molecule has 0 bridgehead atoms. The highest BCUT2D eigenvalue weighted by atomic mass is 32.2. The Balaban J connectivity index is 2.16. The van der Waals surface area contributed by atoms with Crippen LogP contribution in [0.2, 0.25) is 0 Å². The largest absolute Gasteiger partial charge is 0.315 e. The lowest BCUT2D eigenvalue weighted by Crippen LogP contribution is -2.45. The topological polar surface area (TPSA) is 57.7 Å². The molecule has 1 heterocycles. The summed E-state index contributed by atoms with van der Waals surface area (Å²) in [5.41, 5.74) is 3.08. The summed E-state index contributed by atoms with van der Waals surface area (Å²) in [5, 5.41) is 0. The van der Waals surface area contributed by atoms with Gasteiger partial charge in [0.25, 0.3) is 0 Å². The van der Waals surface area contributed by atoms with Crippen molar-refractivity contribution in [1.29, 1.82) is 0 Å². The normalized spacial score (nSPS) is 19.9. The van der Waals surface area contributed by atoms with Gasteiger partial charge >= 0.3 is 0 Å². The molecule has 1 atom stereocenters. The molecule has 1 fully saturated rings. The van der Waals surface area contributed by atoms with Crippen molar-refractivity contribution >= 4 is 21.6 Å². The molecule has 0 unspecified atom stereocenters. The van der Waals surface area contributed by atoms with Gasteiger partial charge in [-0.3, -0.25) is 4.79 Å². The van der Waals surface area contributed by atoms with E-state index < -0.39 is 10.0 Å². The maximum absolute atomic E-state index is 12.7. The lowest BCUT2D eigenvalue weighted by atomic mass is 9.98. The van der Waals surface area contributed by atoms with Crippen LogP contribution in [0.15, 0.2) is 18.2 Å². The number of aryl methyl sites for hydroxylation is 2. The van der Waals surface area contributed by atoms with Crippen molar-refractivity contribution in [2.24, 2.45) is 5.92 Å². The van der Waals surface area contributed by atoms with Crippen LogP contribution in [0.1, 0.15) is 24.0 Å². The third-order valence-electron chi connectivity index (χ3n) is 4.13. The predicted octanol–water partition coefficient (Wildman–Crippen LogP) is 1.94. The molecule has 1 saturated heterocycles. The van der Waals surface area contributed by atoms with Gasteiger partial charge in [0.1, 0.15) is 0 Å². The zero-order valence-electron chi connectivity index (χ0n) is 13.7. The second-order valence-corrected chi connectivity index (χ2v) is 8.19. The summed E-state index contributed by atoms with van der Waals surface area (Å²) in [5.74, 6) is -0.285. The molecule has 1 aromatic rings. The van der Waals surface area contributed by atoms with Gasteiger partial charge in [-0.1, -0.05) is 6.07 Å². The molecule has 1 aromatic carbocycles. The van der Waals surface area contributed by atoms with Crippen LogP contribution in [-0.4, -0.2) is 45.0 Å². The number of amides is 1. The summed E-state index contributed by atoms with van der Waals surface area (Å²) >= 11 is 0. The number of rotatable bonds is 3. The van der Waals surface area contributed by atoms with E-state index in [2.05, 4.69) is 6.07 Å². The van der Waals surface area contributed by atoms with Gasteiger partial charge in [-0.15, -0.1) is 0 Å². The van der Waals surface area contributed by atoms with Crippen molar-refractivity contribution in [3.05, 3.63) is 29.3 Å². The molecule has 0 radical (unpaired) electrons. The fraction of sp³-hybridized carbons (Fsp3) is 0.562. The Bertz CT molecular complexity index is 650. The van der Waals surface area contributed by atoms with E-state index in [4.69, 9.17) is 0 Å². The second-order valence-electron chi connectivity index (χ2n) is 6.20. The van der Waals surface area contributed by atoms with E-state index in [1.807, 2.05) is 26.0 Å². The first-order valence-corrected chi connectivity index (χ1v) is 9.34. The SMILES string of the molecule is Cc1cc(C)cc(N(C)C(=O)[C@@H]2CCCN(S(C)(=O)=O)C2)c1. The number of nitrogens with zero attached hydrogens (tertiary/aromatic N) is 2. The summed E-state index contributed by atoms with van der Waals surface area (Å²) in [6.07, 6.45) is 2.66. The smallest absolute Gasteiger partial charge is 0.231 e. The standard InChI is InChI=1S/C16H24N2O3S/c1-12-8-13(2)10-15(9-12)17(3)16(19)14-6-5-7-18(11-14)22(4,20)21/h8-10,14H,5-7,11H2,1-4H3/t14-/m1/s1. The van der Waals surface area contributed by atoms with Crippen LogP contribution in [0.3, 0.4) is 0 Å². The fourth-order valence-electron chi connectivity index (χ4n) is 2.99. The van der Waals surface area contributed by atoms with E-state index >= 15 is 0 Å². The highest BCUT2D eigenvalue weighted by molar-refractivity contribution is 7.88. The summed E-state index contributed by atoms with van der Waals surface area (Å²) in [7, 11) is -1.47. The number of anilines is 1. The Labute approximate surface area is 133 Å². The minimum Gasteiger partial charge on any atom is -0.315 e. The second kappa shape index (κ2) is 6.38. The molecule has 2 rings (SSSR count). The van der Waals surface area contributed by atoms with Crippen LogP contribution in [-0.2, 0) is 14.8 Å². The lowest BCUT2D eigenvalue weighted by molar-refractivity contribution is -0.123. The van der Waals surface area contributed by atoms with Crippen LogP contribution in [0.5, 0.6) is 0 Å². The van der Waals surface area contributed by atoms with Crippen LogP contribution < -0.4 is 4.90 Å². The maximum Gasteiger partial charge on any atom is 0.231 e. The molecule has 5 nitrogen and oxygen atoms in total. The van der Waals surface area contributed by atoms with Gasteiger partial charge < -0.3 is 4.90 Å². The zero-order chi connectivity index (χ0) is 16.5. The van der Waals surface area contributed by atoms with E-state index in [1.54, 1.807) is 11.9 Å². The monoisotopic (exact) mass is 324 g/mol. The Kier molecular flexibility index (Phi) is 4.92. The van der Waals surface area contributed by atoms with E-state index in [-0.39, 0.29) is 18.4 Å². The van der Waals surface area contributed by atoms with Crippen LogP contribution in [0, 0.1) is 19.8 Å². The van der Waals surface area contributed by atoms with Crippen molar-refractivity contribution in [3.8, 4) is 0 Å². The van der Waals surface area contributed by atoms with Crippen molar-refractivity contribution in [2.45, 2.75) is 26.7 Å². The highest BCUT2D eigenvalue weighted by Crippen LogP contribution is 2.24. The van der Waals surface area contributed by atoms with Gasteiger partial charge in [0.05, 0.1) is 12.2 Å². The average molecular weight is 324 g/mol. The van der Waals surface area contributed by atoms with Crippen LogP contribution in [0.25, 0.3) is 0 Å². The molecule has 1 aliphatic rings. The number of benzene rings is 1. The summed E-state index contributed by atoms with van der Waals surface area (Å²) in [6.45, 7) is 4.80. The quantitative estimate of drug-likeness (QED) is 0.854. The first-order valence-electron chi connectivity index (χ1n) is 7.49. The number of carbonyl (C=O) groups excluding carboxylic acids is 1. The molecule has 0 spiro atoms. The number of piperidine rings is 1. The molecule has 1 amide bonds. The molecule has 22 heavy (non-hydrogen) atoms. The van der Waals surface area contributed by atoms with Crippen molar-refractivity contribution in [2.75, 3.05) is 31.3 Å². The number of sulfonamides is 1. The lowest BCUT2D eigenvalue weighted by Gasteiger charge is -2.32. The van der Waals surface area contributed by atoms with E-state index in [0.29, 0.717) is 6.54 Å². The van der Waals surface area contributed by atoms with Crippen molar-refractivity contribution < 1.29 is 13.2 Å². The van der Waals surface area contributed by atoms with Crippen LogP contribution in [0.4, 0.5) is 5.69 Å². The Hall–Kier alpha value is -1.40. The third kappa shape index (κ3) is 3.87. The van der Waals surface area contributed by atoms with Crippen molar-refractivity contribution in [3.63, 3.8) is 0 Å². The summed E-state index contributed by atoms with van der Waals surface area (Å²) in [4.78, 5) is 14.3. The molecule has 122 valence electrons. The summed E-state index contributed by atoms with van der Waals surface area (Å²) in [6, 6.07) is 6.01. The fourth-order valence-corrected chi connectivity index (χ4v) is 3.90. The van der Waals surface area contributed by atoms with Gasteiger partial charge in [0.15, 0.2) is 0 Å². The van der Waals surface area contributed by atoms with E-state index in [1.165, 1.54) is 10.6 Å². The van der Waals surface area contributed by atoms with Gasteiger partial charge in [-0.2, -0.15) is 0 Å². The van der Waals surface area contributed by atoms with Gasteiger partial charge in [-0.05, 0) is 49.9 Å². The molecule has 0 saturated carbocycles. The Morgan fingerprint density at radius 1 is 1.23 bits per heavy atom. The first-order chi connectivity index (χ1) is 10.2. The molecule has 1 aliphatic heterocycles. The van der Waals surface area contributed by atoms with E-state index in [9.17, 15) is 13.2 Å². The summed E-state index contributed by atoms with van der Waals surface area (Å²) < 4.78 is 24.8. The number of hydrogen-bond acceptors (Lipinski definition) is 3. The van der Waals surface area contributed by atoms with Gasteiger partial charge in [-0.25, -0.2) is 12.7 Å². The average Bonchev–Trinajstić information content (AvgIpc) is 2.44. The minimum absolute atomic E-state index is 0.0154. The maximum atomic E-state index is 12.7. The number of hydrogen-bond donors (Lipinski definition) is 0. The molecule has 0 N–H and O–H groups in total. The first kappa shape index (κ1) is 17.0. The molecule has 6 heteroatoms. The molecular formula is C16H24N2O3S. The molecule has 0 aliphatic carbocycles. The predicted molar refractivity (Wildman–Crippen MR) is 88.5 cm³/mol. The Morgan fingerprint density at radius 2 is 1.82 bits per heavy atom. The number of carbonyl (C=O) groups is 1. The van der Waals surface area contributed by atoms with Crippen LogP contribution >= 0.6 is 0 Å². The zero-order valence-corrected chi connectivity index (χ0v) is 14.5. The van der Waals surface area contributed by atoms with Crippen molar-refractivity contribution in [1.82, 2.24) is 4.31 Å². The minimum atomic E-state index is -3.23.